The fourth-order valence-electron chi connectivity index (χ4n) is 7.38. The van der Waals surface area contributed by atoms with Crippen molar-refractivity contribution in [1.82, 2.24) is 14.5 Å². The third-order valence-corrected chi connectivity index (χ3v) is 9.47. The number of nitrogens with zero attached hydrogens (tertiary/aromatic N) is 3. The van der Waals surface area contributed by atoms with Crippen molar-refractivity contribution in [2.24, 2.45) is 4.99 Å². The molecule has 1 N–H and O–H groups in total. The zero-order chi connectivity index (χ0) is 30.2. The van der Waals surface area contributed by atoms with Crippen molar-refractivity contribution in [2.75, 3.05) is 0 Å². The molecule has 1 aliphatic heterocycles. The topological polar surface area (TPSA) is 34.2 Å². The largest absolute Gasteiger partial charge is 0.370 e. The Balaban J connectivity index is 1.37. The van der Waals surface area contributed by atoms with Gasteiger partial charge in [0.1, 0.15) is 0 Å². The maximum Gasteiger partial charge on any atom is 0.162 e. The number of fused-ring (bicyclic) bond motifs is 8. The van der Waals surface area contributed by atoms with E-state index in [9.17, 15) is 0 Å². The summed E-state index contributed by atoms with van der Waals surface area (Å²) in [5, 5.41) is 11.2. The van der Waals surface area contributed by atoms with Gasteiger partial charge in [0.15, 0.2) is 5.82 Å². The number of rotatable bonds is 3. The zero-order valence-corrected chi connectivity index (χ0v) is 24.9. The van der Waals surface area contributed by atoms with E-state index in [1.165, 1.54) is 43.4 Å². The van der Waals surface area contributed by atoms with Gasteiger partial charge in [-0.1, -0.05) is 109 Å². The fraction of sp³-hybridized carbons (Fsp3) is 0.0238. The van der Waals surface area contributed by atoms with Crippen molar-refractivity contribution in [3.05, 3.63) is 163 Å². The molecule has 0 bridgehead atoms. The van der Waals surface area contributed by atoms with Crippen LogP contribution in [0.1, 0.15) is 5.56 Å². The van der Waals surface area contributed by atoms with Gasteiger partial charge in [-0.3, -0.25) is 4.57 Å². The van der Waals surface area contributed by atoms with Crippen LogP contribution in [0.4, 0.5) is 0 Å². The van der Waals surface area contributed by atoms with Crippen LogP contribution in [-0.2, 0) is 0 Å². The van der Waals surface area contributed by atoms with Crippen LogP contribution in [0.5, 0.6) is 0 Å². The Bertz CT molecular complexity index is 2650. The molecular weight excluding hydrogens is 560 g/mol. The van der Waals surface area contributed by atoms with Crippen LogP contribution in [0.15, 0.2) is 163 Å². The molecule has 1 aliphatic carbocycles. The van der Waals surface area contributed by atoms with E-state index in [4.69, 9.17) is 4.99 Å². The lowest BCUT2D eigenvalue weighted by molar-refractivity contribution is 0.871. The molecule has 3 heterocycles. The molecule has 4 heteroatoms. The zero-order valence-electron chi connectivity index (χ0n) is 24.9. The average Bonchev–Trinajstić information content (AvgIpc) is 3.61. The molecule has 10 rings (SSSR count). The normalized spacial score (nSPS) is 16.1. The van der Waals surface area contributed by atoms with Crippen LogP contribution < -0.4 is 5.32 Å². The van der Waals surface area contributed by atoms with Crippen LogP contribution in [0.2, 0.25) is 0 Å². The highest BCUT2D eigenvalue weighted by Crippen LogP contribution is 2.42. The standard InChI is InChI=1S/C42H28N4/c1-3-13-27(14-4-1)41-42(44-36-21-11-10-20-35(36)43-41)46-37-22-12-9-19-31(37)33-25-34-32-23-28-15-7-8-16-29(28)24-38(32)45(39(34)26-40(33)46)30-17-5-2-6-18-30/h1-26,35,43H. The van der Waals surface area contributed by atoms with E-state index in [2.05, 4.69) is 172 Å². The second kappa shape index (κ2) is 9.68. The Morgan fingerprint density at radius 3 is 2.02 bits per heavy atom. The van der Waals surface area contributed by atoms with Crippen molar-refractivity contribution < 1.29 is 0 Å². The maximum absolute atomic E-state index is 5.40. The molecular formula is C42H28N4. The molecule has 4 nitrogen and oxygen atoms in total. The summed E-state index contributed by atoms with van der Waals surface area (Å²) in [5.41, 5.74) is 8.92. The van der Waals surface area contributed by atoms with Gasteiger partial charge in [0.25, 0.3) is 0 Å². The Morgan fingerprint density at radius 1 is 0.522 bits per heavy atom. The van der Waals surface area contributed by atoms with Crippen LogP contribution in [0.25, 0.3) is 71.6 Å². The highest BCUT2D eigenvalue weighted by Gasteiger charge is 2.27. The second-order valence-electron chi connectivity index (χ2n) is 12.1. The van der Waals surface area contributed by atoms with E-state index < -0.39 is 0 Å². The molecule has 0 saturated heterocycles. The van der Waals surface area contributed by atoms with E-state index in [0.29, 0.717) is 0 Å². The summed E-state index contributed by atoms with van der Waals surface area (Å²) >= 11 is 0. The minimum absolute atomic E-state index is 0.0264. The van der Waals surface area contributed by atoms with Gasteiger partial charge in [0.05, 0.1) is 39.5 Å². The van der Waals surface area contributed by atoms with E-state index in [0.717, 1.165) is 39.5 Å². The first-order valence-corrected chi connectivity index (χ1v) is 15.8. The van der Waals surface area contributed by atoms with Crippen LogP contribution in [0, 0.1) is 0 Å². The first kappa shape index (κ1) is 25.2. The molecule has 6 aromatic carbocycles. The quantitative estimate of drug-likeness (QED) is 0.219. The Hall–Kier alpha value is -6.13. The van der Waals surface area contributed by atoms with Gasteiger partial charge in [-0.15, -0.1) is 0 Å². The van der Waals surface area contributed by atoms with Crippen LogP contribution >= 0.6 is 0 Å². The average molecular weight is 589 g/mol. The van der Waals surface area contributed by atoms with Crippen molar-refractivity contribution in [2.45, 2.75) is 6.04 Å². The summed E-state index contributed by atoms with van der Waals surface area (Å²) < 4.78 is 4.78. The first-order chi connectivity index (χ1) is 22.8. The van der Waals surface area contributed by atoms with E-state index in [1.54, 1.807) is 0 Å². The third-order valence-electron chi connectivity index (χ3n) is 9.47. The minimum Gasteiger partial charge on any atom is -0.370 e. The van der Waals surface area contributed by atoms with Crippen molar-refractivity contribution in [3.8, 4) is 5.69 Å². The SMILES string of the molecule is C1=CC2=NC(n3c4ccccc4c4cc5c6cc7ccccc7cc6n(-c6ccccc6)c5cc43)=C(c3ccccc3)NC2C=C1. The molecule has 46 heavy (non-hydrogen) atoms. The molecule has 2 aromatic heterocycles. The third kappa shape index (κ3) is 3.64. The number of nitrogens with one attached hydrogen (secondary N) is 1. The number of allylic oxidation sites excluding steroid dienone is 2. The van der Waals surface area contributed by atoms with Gasteiger partial charge in [0, 0.05) is 32.8 Å². The van der Waals surface area contributed by atoms with E-state index in [1.807, 2.05) is 0 Å². The summed E-state index contributed by atoms with van der Waals surface area (Å²) in [4.78, 5) is 5.40. The number of aliphatic imine (C=N–C) groups is 1. The number of hydrogen-bond donors (Lipinski definition) is 1. The molecule has 0 spiro atoms. The Kier molecular flexibility index (Phi) is 5.31. The fourth-order valence-corrected chi connectivity index (χ4v) is 7.38. The number of hydrogen-bond acceptors (Lipinski definition) is 2. The monoisotopic (exact) mass is 588 g/mol. The summed E-state index contributed by atoms with van der Waals surface area (Å²) in [7, 11) is 0. The van der Waals surface area contributed by atoms with Crippen LogP contribution in [-0.4, -0.2) is 20.9 Å². The van der Waals surface area contributed by atoms with Crippen molar-refractivity contribution in [3.63, 3.8) is 0 Å². The molecule has 2 aliphatic rings. The number of para-hydroxylation sites is 2. The smallest absolute Gasteiger partial charge is 0.162 e. The summed E-state index contributed by atoms with van der Waals surface area (Å²) in [6.45, 7) is 0. The molecule has 0 fully saturated rings. The second-order valence-corrected chi connectivity index (χ2v) is 12.1. The van der Waals surface area contributed by atoms with Crippen molar-refractivity contribution >= 4 is 71.6 Å². The highest BCUT2D eigenvalue weighted by molar-refractivity contribution is 6.22. The molecule has 0 radical (unpaired) electrons. The summed E-state index contributed by atoms with van der Waals surface area (Å²) in [5.74, 6) is 0.899. The van der Waals surface area contributed by atoms with Gasteiger partial charge >= 0.3 is 0 Å². The predicted molar refractivity (Wildman–Crippen MR) is 193 cm³/mol. The highest BCUT2D eigenvalue weighted by atomic mass is 15.2. The molecule has 0 saturated carbocycles. The molecule has 1 atom stereocenters. The summed E-state index contributed by atoms with van der Waals surface area (Å²) in [6, 6.07) is 48.2. The first-order valence-electron chi connectivity index (χ1n) is 15.8. The summed E-state index contributed by atoms with van der Waals surface area (Å²) in [6.07, 6.45) is 8.45. The van der Waals surface area contributed by atoms with Gasteiger partial charge < -0.3 is 9.88 Å². The van der Waals surface area contributed by atoms with Crippen LogP contribution in [0.3, 0.4) is 0 Å². The Morgan fingerprint density at radius 2 is 1.17 bits per heavy atom. The van der Waals surface area contributed by atoms with Crippen molar-refractivity contribution in [1.29, 1.82) is 0 Å². The van der Waals surface area contributed by atoms with E-state index >= 15 is 0 Å². The van der Waals surface area contributed by atoms with Gasteiger partial charge in [-0.05, 0) is 59.3 Å². The van der Waals surface area contributed by atoms with Gasteiger partial charge in [-0.2, -0.15) is 0 Å². The molecule has 216 valence electrons. The number of benzene rings is 6. The van der Waals surface area contributed by atoms with Gasteiger partial charge in [0.2, 0.25) is 0 Å². The predicted octanol–water partition coefficient (Wildman–Crippen LogP) is 9.87. The minimum atomic E-state index is 0.0264. The molecule has 0 amide bonds. The Labute approximate surface area is 265 Å². The van der Waals surface area contributed by atoms with Gasteiger partial charge in [-0.25, -0.2) is 4.99 Å². The van der Waals surface area contributed by atoms with E-state index in [-0.39, 0.29) is 6.04 Å². The lowest BCUT2D eigenvalue weighted by Crippen LogP contribution is -2.37. The maximum atomic E-state index is 5.40. The lowest BCUT2D eigenvalue weighted by atomic mass is 10.0. The lowest BCUT2D eigenvalue weighted by Gasteiger charge is -2.28. The molecule has 1 unspecified atom stereocenters. The number of aromatic nitrogens is 2. The molecule has 8 aromatic rings.